The first-order valence-corrected chi connectivity index (χ1v) is 11.7. The topological polar surface area (TPSA) is 88.1 Å². The molecule has 1 fully saturated rings. The van der Waals surface area contributed by atoms with Gasteiger partial charge in [-0.15, -0.1) is 0 Å². The summed E-state index contributed by atoms with van der Waals surface area (Å²) in [4.78, 5) is 15.4. The van der Waals surface area contributed by atoms with Gasteiger partial charge < -0.3 is 4.90 Å². The molecule has 0 spiro atoms. The van der Waals surface area contributed by atoms with Crippen molar-refractivity contribution in [3.63, 3.8) is 0 Å². The summed E-state index contributed by atoms with van der Waals surface area (Å²) in [6, 6.07) is 10.4. The van der Waals surface area contributed by atoms with E-state index in [1.807, 2.05) is 25.1 Å². The molecule has 31 heavy (non-hydrogen) atoms. The van der Waals surface area contributed by atoms with Crippen molar-refractivity contribution in [1.29, 1.82) is 0 Å². The van der Waals surface area contributed by atoms with Gasteiger partial charge in [0.05, 0.1) is 4.90 Å². The van der Waals surface area contributed by atoms with Crippen molar-refractivity contribution < 1.29 is 12.8 Å². The number of piperidine rings is 1. The average molecular weight is 442 g/mol. The number of hydrogen-bond donors (Lipinski definition) is 1. The number of nitrogens with one attached hydrogen (secondary N) is 1. The normalized spacial score (nSPS) is 17.0. The van der Waals surface area contributed by atoms with Crippen LogP contribution in [0.5, 0.6) is 0 Å². The summed E-state index contributed by atoms with van der Waals surface area (Å²) in [5.74, 6) is 0.817. The molecular weight excluding hydrogens is 417 g/mol. The zero-order valence-electron chi connectivity index (χ0n) is 17.2. The molecule has 1 aliphatic heterocycles. The van der Waals surface area contributed by atoms with Crippen LogP contribution in [0.1, 0.15) is 25.5 Å². The Morgan fingerprint density at radius 2 is 1.97 bits per heavy atom. The molecule has 162 valence electrons. The molecule has 0 aliphatic carbocycles. The second-order valence-corrected chi connectivity index (χ2v) is 9.21. The first kappa shape index (κ1) is 21.3. The third-order valence-electron chi connectivity index (χ3n) is 5.24. The Morgan fingerprint density at radius 1 is 1.16 bits per heavy atom. The van der Waals surface area contributed by atoms with E-state index in [2.05, 4.69) is 19.6 Å². The maximum atomic E-state index is 13.5. The van der Waals surface area contributed by atoms with E-state index in [9.17, 15) is 12.8 Å². The van der Waals surface area contributed by atoms with Gasteiger partial charge in [0.15, 0.2) is 5.82 Å². The Hall–Kier alpha value is -2.91. The van der Waals surface area contributed by atoms with Crippen LogP contribution in [0.4, 0.5) is 10.2 Å². The van der Waals surface area contributed by atoms with E-state index >= 15 is 0 Å². The average Bonchev–Trinajstić information content (AvgIpc) is 2.79. The van der Waals surface area contributed by atoms with Crippen LogP contribution < -0.4 is 9.62 Å². The fraction of sp³-hybridized carbons (Fsp3) is 0.318. The molecule has 1 atom stereocenters. The van der Waals surface area contributed by atoms with Crippen LogP contribution in [0.15, 0.2) is 59.8 Å². The van der Waals surface area contributed by atoms with Gasteiger partial charge in [-0.3, -0.25) is 4.98 Å². The van der Waals surface area contributed by atoms with Gasteiger partial charge in [0.2, 0.25) is 10.0 Å². The van der Waals surface area contributed by atoms with Crippen LogP contribution in [-0.2, 0) is 16.4 Å². The highest BCUT2D eigenvalue weighted by molar-refractivity contribution is 7.89. The number of halogens is 1. The Balaban J connectivity index is 1.56. The van der Waals surface area contributed by atoms with Crippen LogP contribution in [-0.4, -0.2) is 42.5 Å². The highest BCUT2D eigenvalue weighted by Gasteiger charge is 2.26. The maximum Gasteiger partial charge on any atom is 0.240 e. The molecule has 7 nitrogen and oxygen atoms in total. The number of sulfonamides is 1. The first-order valence-electron chi connectivity index (χ1n) is 10.3. The van der Waals surface area contributed by atoms with Gasteiger partial charge in [0, 0.05) is 48.8 Å². The molecule has 1 aromatic carbocycles. The lowest BCUT2D eigenvalue weighted by Crippen LogP contribution is -2.48. The van der Waals surface area contributed by atoms with Crippen LogP contribution >= 0.6 is 0 Å². The molecular formula is C22H24FN5O2S. The summed E-state index contributed by atoms with van der Waals surface area (Å²) in [6.07, 6.45) is 5.68. The maximum absolute atomic E-state index is 13.5. The minimum Gasteiger partial charge on any atom is -0.355 e. The van der Waals surface area contributed by atoms with Crippen LogP contribution in [0.25, 0.3) is 11.4 Å². The molecule has 4 rings (SSSR count). The summed E-state index contributed by atoms with van der Waals surface area (Å²) in [6.45, 7) is 3.28. The fourth-order valence-electron chi connectivity index (χ4n) is 3.66. The highest BCUT2D eigenvalue weighted by atomic mass is 32.2. The zero-order chi connectivity index (χ0) is 21.8. The van der Waals surface area contributed by atoms with E-state index in [-0.39, 0.29) is 10.9 Å². The Kier molecular flexibility index (Phi) is 6.24. The monoisotopic (exact) mass is 441 g/mol. The van der Waals surface area contributed by atoms with Crippen LogP contribution in [0, 0.1) is 5.82 Å². The molecule has 1 aliphatic rings. The first-order chi connectivity index (χ1) is 14.9. The predicted octanol–water partition coefficient (Wildman–Crippen LogP) is 3.19. The van der Waals surface area contributed by atoms with E-state index < -0.39 is 15.8 Å². The second kappa shape index (κ2) is 9.07. The molecule has 1 unspecified atom stereocenters. The van der Waals surface area contributed by atoms with E-state index in [4.69, 9.17) is 4.98 Å². The number of anilines is 1. The van der Waals surface area contributed by atoms with Crippen molar-refractivity contribution in [3.8, 4) is 11.4 Å². The smallest absolute Gasteiger partial charge is 0.240 e. The lowest BCUT2D eigenvalue weighted by Gasteiger charge is -2.34. The van der Waals surface area contributed by atoms with Crippen molar-refractivity contribution in [2.75, 3.05) is 18.0 Å². The Morgan fingerprint density at radius 3 is 2.71 bits per heavy atom. The minimum absolute atomic E-state index is 0.0695. The molecule has 2 aromatic heterocycles. The molecule has 1 N–H and O–H groups in total. The van der Waals surface area contributed by atoms with Gasteiger partial charge in [-0.2, -0.15) is 0 Å². The Bertz CT molecular complexity index is 1160. The van der Waals surface area contributed by atoms with Gasteiger partial charge in [0.25, 0.3) is 0 Å². The predicted molar refractivity (Wildman–Crippen MR) is 117 cm³/mol. The number of pyridine rings is 1. The minimum atomic E-state index is -3.81. The van der Waals surface area contributed by atoms with Gasteiger partial charge in [0.1, 0.15) is 11.6 Å². The summed E-state index contributed by atoms with van der Waals surface area (Å²) in [5, 5.41) is 0. The quantitative estimate of drug-likeness (QED) is 0.632. The van der Waals surface area contributed by atoms with Crippen molar-refractivity contribution >= 4 is 15.8 Å². The molecule has 3 heterocycles. The molecule has 0 radical (unpaired) electrons. The number of aromatic nitrogens is 3. The van der Waals surface area contributed by atoms with E-state index in [0.29, 0.717) is 18.8 Å². The molecule has 0 saturated carbocycles. The SMILES string of the molecule is CCc1cc(N2CCCC(NS(=O)(=O)c3cccc(F)c3)C2)nc(-c2ccncc2)n1. The molecule has 9 heteroatoms. The second-order valence-electron chi connectivity index (χ2n) is 7.49. The van der Waals surface area contributed by atoms with Gasteiger partial charge in [-0.1, -0.05) is 13.0 Å². The van der Waals surface area contributed by atoms with Gasteiger partial charge in [-0.05, 0) is 49.6 Å². The fourth-order valence-corrected chi connectivity index (χ4v) is 4.95. The number of rotatable bonds is 6. The van der Waals surface area contributed by atoms with Crippen molar-refractivity contribution in [1.82, 2.24) is 19.7 Å². The van der Waals surface area contributed by atoms with E-state index in [1.54, 1.807) is 12.4 Å². The van der Waals surface area contributed by atoms with E-state index in [1.165, 1.54) is 18.2 Å². The van der Waals surface area contributed by atoms with Crippen LogP contribution in [0.3, 0.4) is 0 Å². The third-order valence-corrected chi connectivity index (χ3v) is 6.76. The number of hydrogen-bond acceptors (Lipinski definition) is 6. The van der Waals surface area contributed by atoms with Gasteiger partial charge >= 0.3 is 0 Å². The standard InChI is InChI=1S/C22H24FN5O2S/c1-2-18-14-21(26-22(25-18)16-8-10-24-11-9-16)28-12-4-6-19(15-28)27-31(29,30)20-7-3-5-17(23)13-20/h3,5,7-11,13-14,19,27H,2,4,6,12,15H2,1H3. The van der Waals surface area contributed by atoms with Crippen molar-refractivity contribution in [3.05, 3.63) is 66.4 Å². The molecule has 0 amide bonds. The molecule has 1 saturated heterocycles. The largest absolute Gasteiger partial charge is 0.355 e. The molecule has 0 bridgehead atoms. The number of benzene rings is 1. The molecule has 3 aromatic rings. The Labute approximate surface area is 181 Å². The van der Waals surface area contributed by atoms with Crippen LogP contribution in [0.2, 0.25) is 0 Å². The zero-order valence-corrected chi connectivity index (χ0v) is 18.0. The summed E-state index contributed by atoms with van der Waals surface area (Å²) < 4.78 is 41.6. The third kappa shape index (κ3) is 5.05. The summed E-state index contributed by atoms with van der Waals surface area (Å²) in [7, 11) is -3.81. The van der Waals surface area contributed by atoms with E-state index in [0.717, 1.165) is 42.5 Å². The van der Waals surface area contributed by atoms with Gasteiger partial charge in [-0.25, -0.2) is 27.5 Å². The summed E-state index contributed by atoms with van der Waals surface area (Å²) in [5.41, 5.74) is 1.80. The number of nitrogens with zero attached hydrogens (tertiary/aromatic N) is 4. The summed E-state index contributed by atoms with van der Waals surface area (Å²) >= 11 is 0. The van der Waals surface area contributed by atoms with Crippen molar-refractivity contribution in [2.24, 2.45) is 0 Å². The highest BCUT2D eigenvalue weighted by Crippen LogP contribution is 2.24. The van der Waals surface area contributed by atoms with Crippen molar-refractivity contribution in [2.45, 2.75) is 37.1 Å². The lowest BCUT2D eigenvalue weighted by molar-refractivity contribution is 0.463. The lowest BCUT2D eigenvalue weighted by atomic mass is 10.1. The number of aryl methyl sites for hydroxylation is 1.